The van der Waals surface area contributed by atoms with Gasteiger partial charge < -0.3 is 10.2 Å². The van der Waals surface area contributed by atoms with Gasteiger partial charge >= 0.3 is 0 Å². The molecular formula is C43H52N2. The Morgan fingerprint density at radius 3 is 2.13 bits per heavy atom. The van der Waals surface area contributed by atoms with E-state index in [0.717, 1.165) is 19.5 Å². The van der Waals surface area contributed by atoms with Gasteiger partial charge in [0.1, 0.15) is 0 Å². The predicted molar refractivity (Wildman–Crippen MR) is 200 cm³/mol. The van der Waals surface area contributed by atoms with Gasteiger partial charge in [-0.05, 0) is 75.6 Å². The molecule has 2 heteroatoms. The summed E-state index contributed by atoms with van der Waals surface area (Å²) in [4.78, 5) is 2.56. The maximum absolute atomic E-state index is 3.74. The highest BCUT2D eigenvalue weighted by Crippen LogP contribution is 2.50. The van der Waals surface area contributed by atoms with Crippen molar-refractivity contribution in [3.63, 3.8) is 0 Å². The Kier molecular flexibility index (Phi) is 10.3. The number of hydrogen-bond acceptors (Lipinski definition) is 2. The first kappa shape index (κ1) is 32.4. The summed E-state index contributed by atoms with van der Waals surface area (Å²) in [6.07, 6.45) is 21.2. The van der Waals surface area contributed by atoms with Crippen LogP contribution in [0.25, 0.3) is 21.5 Å². The van der Waals surface area contributed by atoms with Crippen LogP contribution in [0, 0.1) is 0 Å². The molecule has 4 aromatic rings. The average Bonchev–Trinajstić information content (AvgIpc) is 3.26. The Bertz CT molecular complexity index is 1730. The molecule has 234 valence electrons. The van der Waals surface area contributed by atoms with Crippen molar-refractivity contribution in [2.75, 3.05) is 23.3 Å². The fourth-order valence-electron chi connectivity index (χ4n) is 7.02. The Labute approximate surface area is 272 Å². The van der Waals surface area contributed by atoms with Crippen LogP contribution in [-0.4, -0.2) is 13.1 Å². The topological polar surface area (TPSA) is 15.3 Å². The molecule has 4 aromatic carbocycles. The minimum absolute atomic E-state index is 0.00477. The van der Waals surface area contributed by atoms with E-state index in [1.54, 1.807) is 0 Å². The van der Waals surface area contributed by atoms with Crippen molar-refractivity contribution in [3.05, 3.63) is 132 Å². The van der Waals surface area contributed by atoms with Gasteiger partial charge in [-0.25, -0.2) is 0 Å². The smallest absolute Gasteiger partial charge is 0.0457 e. The first-order valence-electron chi connectivity index (χ1n) is 17.1. The highest BCUT2D eigenvalue weighted by Gasteiger charge is 2.40. The minimum atomic E-state index is -0.0602. The van der Waals surface area contributed by atoms with Crippen LogP contribution in [0.2, 0.25) is 0 Å². The van der Waals surface area contributed by atoms with Gasteiger partial charge in [0.05, 0.1) is 0 Å². The molecule has 1 aliphatic rings. The Hall–Kier alpha value is -4.04. The van der Waals surface area contributed by atoms with Crippen LogP contribution in [-0.2, 0) is 10.8 Å². The van der Waals surface area contributed by atoms with Crippen molar-refractivity contribution in [3.8, 4) is 0 Å². The van der Waals surface area contributed by atoms with E-state index in [-0.39, 0.29) is 10.8 Å². The van der Waals surface area contributed by atoms with Crippen molar-refractivity contribution in [2.24, 2.45) is 0 Å². The second-order valence-electron chi connectivity index (χ2n) is 13.6. The standard InChI is InChI=1S/C43H52N2/c1-7-9-31-44-37-28-26-33-21-16-18-23-35(33)40(37)42(3,4)30-20-14-12-11-13-15-25-39-43(5,6)41-36-24-19-17-22-34(36)27-29-38(41)45(39)32-10-8-2/h11-29,44H,7-10,30-32H2,1-6H3/b12-11+,15-13+,20-14+,39-25+. The third-order valence-electron chi connectivity index (χ3n) is 9.40. The summed E-state index contributed by atoms with van der Waals surface area (Å²) in [5.74, 6) is 0. The molecule has 1 N–H and O–H groups in total. The van der Waals surface area contributed by atoms with E-state index >= 15 is 0 Å². The molecule has 45 heavy (non-hydrogen) atoms. The van der Waals surface area contributed by atoms with Crippen LogP contribution in [0.3, 0.4) is 0 Å². The van der Waals surface area contributed by atoms with Crippen LogP contribution in [0.4, 0.5) is 11.4 Å². The van der Waals surface area contributed by atoms with E-state index in [2.05, 4.69) is 167 Å². The molecule has 0 amide bonds. The molecule has 0 fully saturated rings. The lowest BCUT2D eigenvalue weighted by Gasteiger charge is -2.29. The van der Waals surface area contributed by atoms with Crippen molar-refractivity contribution in [1.82, 2.24) is 0 Å². The number of nitrogens with one attached hydrogen (secondary N) is 1. The van der Waals surface area contributed by atoms with Crippen LogP contribution < -0.4 is 10.2 Å². The van der Waals surface area contributed by atoms with E-state index in [1.165, 1.54) is 75.4 Å². The zero-order valence-corrected chi connectivity index (χ0v) is 28.4. The van der Waals surface area contributed by atoms with Crippen LogP contribution in [0.1, 0.15) is 84.8 Å². The molecule has 0 spiro atoms. The summed E-state index contributed by atoms with van der Waals surface area (Å²) in [5, 5.41) is 9.08. The lowest BCUT2D eigenvalue weighted by Crippen LogP contribution is -2.26. The zero-order chi connectivity index (χ0) is 31.9. The second kappa shape index (κ2) is 14.4. The number of nitrogens with zero attached hydrogens (tertiary/aromatic N) is 1. The molecule has 0 aliphatic carbocycles. The highest BCUT2D eigenvalue weighted by molar-refractivity contribution is 5.95. The van der Waals surface area contributed by atoms with Gasteiger partial charge in [-0.15, -0.1) is 0 Å². The molecule has 5 rings (SSSR count). The van der Waals surface area contributed by atoms with E-state index in [0.29, 0.717) is 0 Å². The molecule has 0 aromatic heterocycles. The number of fused-ring (bicyclic) bond motifs is 4. The Balaban J connectivity index is 1.31. The first-order valence-corrected chi connectivity index (χ1v) is 17.1. The van der Waals surface area contributed by atoms with Crippen molar-refractivity contribution in [1.29, 1.82) is 0 Å². The molecule has 2 nitrogen and oxygen atoms in total. The molecule has 0 radical (unpaired) electrons. The average molecular weight is 597 g/mol. The maximum atomic E-state index is 3.74. The molecule has 0 saturated carbocycles. The van der Waals surface area contributed by atoms with E-state index in [1.807, 2.05) is 0 Å². The lowest BCUT2D eigenvalue weighted by atomic mass is 9.78. The summed E-state index contributed by atoms with van der Waals surface area (Å²) in [5.41, 5.74) is 6.81. The van der Waals surface area contributed by atoms with Crippen LogP contribution in [0.5, 0.6) is 0 Å². The van der Waals surface area contributed by atoms with Gasteiger partial charge in [0.2, 0.25) is 0 Å². The van der Waals surface area contributed by atoms with Crippen molar-refractivity contribution in [2.45, 2.75) is 84.5 Å². The monoisotopic (exact) mass is 596 g/mol. The quantitative estimate of drug-likeness (QED) is 0.122. The predicted octanol–water partition coefficient (Wildman–Crippen LogP) is 12.0. The van der Waals surface area contributed by atoms with E-state index in [9.17, 15) is 0 Å². The third kappa shape index (κ3) is 6.96. The number of anilines is 2. The summed E-state index contributed by atoms with van der Waals surface area (Å²) < 4.78 is 0. The van der Waals surface area contributed by atoms with Gasteiger partial charge in [-0.2, -0.15) is 0 Å². The summed E-state index contributed by atoms with van der Waals surface area (Å²) >= 11 is 0. The molecular weight excluding hydrogens is 544 g/mol. The molecule has 0 saturated heterocycles. The number of benzene rings is 4. The molecule has 0 unspecified atom stereocenters. The number of allylic oxidation sites excluding steroid dienone is 8. The van der Waals surface area contributed by atoms with E-state index < -0.39 is 0 Å². The SMILES string of the molecule is CCCCNc1ccc2ccccc2c1C(C)(C)C/C=C/C=C/C=C/C=C1/N(CCCC)c2ccc3ccccc3c2C1(C)C. The van der Waals surface area contributed by atoms with Gasteiger partial charge in [-0.3, -0.25) is 0 Å². The minimum Gasteiger partial charge on any atom is -0.385 e. The van der Waals surface area contributed by atoms with E-state index in [4.69, 9.17) is 0 Å². The first-order chi connectivity index (χ1) is 21.8. The third-order valence-corrected chi connectivity index (χ3v) is 9.40. The maximum Gasteiger partial charge on any atom is 0.0457 e. The molecule has 1 aliphatic heterocycles. The zero-order valence-electron chi connectivity index (χ0n) is 28.4. The fraction of sp³-hybridized carbons (Fsp3) is 0.349. The number of unbranched alkanes of at least 4 members (excludes halogenated alkanes) is 2. The Morgan fingerprint density at radius 1 is 0.733 bits per heavy atom. The summed E-state index contributed by atoms with van der Waals surface area (Å²) in [6, 6.07) is 26.7. The largest absolute Gasteiger partial charge is 0.385 e. The van der Waals surface area contributed by atoms with Gasteiger partial charge in [0.25, 0.3) is 0 Å². The van der Waals surface area contributed by atoms with Gasteiger partial charge in [0.15, 0.2) is 0 Å². The molecule has 0 atom stereocenters. The second-order valence-corrected chi connectivity index (χ2v) is 13.6. The van der Waals surface area contributed by atoms with Crippen molar-refractivity contribution < 1.29 is 0 Å². The van der Waals surface area contributed by atoms with Crippen LogP contribution >= 0.6 is 0 Å². The van der Waals surface area contributed by atoms with Crippen LogP contribution in [0.15, 0.2) is 121 Å². The summed E-state index contributed by atoms with van der Waals surface area (Å²) in [6.45, 7) is 16.1. The molecule has 1 heterocycles. The Morgan fingerprint density at radius 2 is 1.38 bits per heavy atom. The van der Waals surface area contributed by atoms with Gasteiger partial charge in [-0.1, -0.05) is 152 Å². The molecule has 0 bridgehead atoms. The highest BCUT2D eigenvalue weighted by atomic mass is 15.2. The fourth-order valence-corrected chi connectivity index (χ4v) is 7.02. The van der Waals surface area contributed by atoms with Gasteiger partial charge in [0, 0.05) is 35.6 Å². The lowest BCUT2D eigenvalue weighted by molar-refractivity contribution is 0.540. The normalized spacial score (nSPS) is 15.9. The summed E-state index contributed by atoms with van der Waals surface area (Å²) in [7, 11) is 0. The number of hydrogen-bond donors (Lipinski definition) is 1. The number of rotatable bonds is 13. The van der Waals surface area contributed by atoms with Crippen molar-refractivity contribution >= 4 is 32.9 Å².